The highest BCUT2D eigenvalue weighted by molar-refractivity contribution is 7.89. The van der Waals surface area contributed by atoms with E-state index in [2.05, 4.69) is 0 Å². The van der Waals surface area contributed by atoms with Crippen LogP contribution in [0.15, 0.2) is 23.1 Å². The van der Waals surface area contributed by atoms with Gasteiger partial charge in [0.15, 0.2) is 0 Å². The van der Waals surface area contributed by atoms with E-state index in [4.69, 9.17) is 26.2 Å². The van der Waals surface area contributed by atoms with Gasteiger partial charge in [0.1, 0.15) is 6.61 Å². The first-order valence-electron chi connectivity index (χ1n) is 5.99. The summed E-state index contributed by atoms with van der Waals surface area (Å²) in [6.45, 7) is 0.776. The first-order valence-corrected chi connectivity index (χ1v) is 7.91. The maximum Gasteiger partial charge on any atom is 0.339 e. The minimum absolute atomic E-state index is 0.0313. The molecule has 0 unspecified atom stereocenters. The van der Waals surface area contributed by atoms with Gasteiger partial charge in [-0.05, 0) is 31.0 Å². The second kappa shape index (κ2) is 6.09. The van der Waals surface area contributed by atoms with Crippen LogP contribution in [0.1, 0.15) is 23.2 Å². The van der Waals surface area contributed by atoms with Crippen LogP contribution in [0.5, 0.6) is 0 Å². The molecule has 0 spiro atoms. The number of carbonyl (C=O) groups is 1. The summed E-state index contributed by atoms with van der Waals surface area (Å²) < 4.78 is 32.9. The number of rotatable bonds is 4. The van der Waals surface area contributed by atoms with Crippen molar-refractivity contribution in [2.24, 2.45) is 5.14 Å². The lowest BCUT2D eigenvalue weighted by molar-refractivity contribution is 0.0161. The smallest absolute Gasteiger partial charge is 0.339 e. The lowest BCUT2D eigenvalue weighted by Crippen LogP contribution is -2.19. The zero-order valence-corrected chi connectivity index (χ0v) is 12.1. The lowest BCUT2D eigenvalue weighted by Gasteiger charge is -2.11. The number of hydrogen-bond donors (Lipinski definition) is 1. The second-order valence-corrected chi connectivity index (χ2v) is 6.39. The van der Waals surface area contributed by atoms with Gasteiger partial charge in [-0.2, -0.15) is 0 Å². The molecule has 110 valence electrons. The Kier molecular flexibility index (Phi) is 4.64. The maximum absolute atomic E-state index is 11.9. The molecule has 1 aromatic rings. The zero-order valence-electron chi connectivity index (χ0n) is 10.5. The third-order valence-electron chi connectivity index (χ3n) is 2.91. The Bertz CT molecular complexity index is 610. The highest BCUT2D eigenvalue weighted by Gasteiger charge is 2.20. The summed E-state index contributed by atoms with van der Waals surface area (Å²) in [5.41, 5.74) is -0.0313. The normalized spacial score (nSPS) is 19.0. The van der Waals surface area contributed by atoms with Gasteiger partial charge >= 0.3 is 5.97 Å². The molecule has 1 atom stereocenters. The predicted octanol–water partition coefficient (Wildman–Crippen LogP) is 1.32. The van der Waals surface area contributed by atoms with Gasteiger partial charge in [-0.3, -0.25) is 0 Å². The van der Waals surface area contributed by atoms with Crippen molar-refractivity contribution in [3.05, 3.63) is 28.8 Å². The molecule has 0 aliphatic carbocycles. The molecule has 6 nitrogen and oxygen atoms in total. The summed E-state index contributed by atoms with van der Waals surface area (Å²) in [5, 5.41) is 5.11. The Labute approximate surface area is 121 Å². The molecule has 0 radical (unpaired) electrons. The Balaban J connectivity index is 2.12. The molecule has 1 saturated heterocycles. The quantitative estimate of drug-likeness (QED) is 0.844. The number of ether oxygens (including phenoxy) is 2. The van der Waals surface area contributed by atoms with E-state index in [1.54, 1.807) is 0 Å². The van der Waals surface area contributed by atoms with Crippen molar-refractivity contribution in [3.63, 3.8) is 0 Å². The lowest BCUT2D eigenvalue weighted by atomic mass is 10.2. The standard InChI is InChI=1S/C12H14ClNO5S/c13-11-4-3-9(20(14,16)17)6-10(11)12(15)19-7-8-2-1-5-18-8/h3-4,6,8H,1-2,5,7H2,(H2,14,16,17)/t8-/m1/s1. The summed E-state index contributed by atoms with van der Waals surface area (Å²) >= 11 is 5.87. The molecule has 1 aliphatic heterocycles. The minimum atomic E-state index is -3.90. The van der Waals surface area contributed by atoms with Crippen LogP contribution in [-0.2, 0) is 19.5 Å². The van der Waals surface area contributed by atoms with E-state index in [0.29, 0.717) is 6.61 Å². The van der Waals surface area contributed by atoms with Gasteiger partial charge in [0.2, 0.25) is 10.0 Å². The maximum atomic E-state index is 11.9. The van der Waals surface area contributed by atoms with Crippen molar-refractivity contribution < 1.29 is 22.7 Å². The van der Waals surface area contributed by atoms with E-state index in [-0.39, 0.29) is 28.2 Å². The number of esters is 1. The number of halogens is 1. The topological polar surface area (TPSA) is 95.7 Å². The Morgan fingerprint density at radius 3 is 2.85 bits per heavy atom. The second-order valence-electron chi connectivity index (χ2n) is 4.42. The largest absolute Gasteiger partial charge is 0.459 e. The average molecular weight is 320 g/mol. The van der Waals surface area contributed by atoms with E-state index in [0.717, 1.165) is 18.9 Å². The van der Waals surface area contributed by atoms with Crippen LogP contribution >= 0.6 is 11.6 Å². The van der Waals surface area contributed by atoms with Crippen LogP contribution in [0.4, 0.5) is 0 Å². The van der Waals surface area contributed by atoms with Crippen LogP contribution in [0, 0.1) is 0 Å². The van der Waals surface area contributed by atoms with Crippen molar-refractivity contribution >= 4 is 27.6 Å². The molecule has 0 aromatic heterocycles. The van der Waals surface area contributed by atoms with Gasteiger partial charge in [-0.25, -0.2) is 18.4 Å². The Morgan fingerprint density at radius 1 is 1.50 bits per heavy atom. The van der Waals surface area contributed by atoms with Crippen molar-refractivity contribution in [2.45, 2.75) is 23.8 Å². The third-order valence-corrected chi connectivity index (χ3v) is 4.15. The molecule has 2 rings (SSSR count). The molecular weight excluding hydrogens is 306 g/mol. The Morgan fingerprint density at radius 2 is 2.25 bits per heavy atom. The third kappa shape index (κ3) is 3.69. The van der Waals surface area contributed by atoms with Crippen molar-refractivity contribution in [2.75, 3.05) is 13.2 Å². The van der Waals surface area contributed by atoms with E-state index in [9.17, 15) is 13.2 Å². The van der Waals surface area contributed by atoms with Crippen molar-refractivity contribution in [1.82, 2.24) is 0 Å². The van der Waals surface area contributed by atoms with Gasteiger partial charge in [0, 0.05) is 6.61 Å². The van der Waals surface area contributed by atoms with Gasteiger partial charge < -0.3 is 9.47 Å². The van der Waals surface area contributed by atoms with Gasteiger partial charge in [0.25, 0.3) is 0 Å². The highest BCUT2D eigenvalue weighted by Crippen LogP contribution is 2.21. The fourth-order valence-corrected chi connectivity index (χ4v) is 2.59. The molecule has 0 bridgehead atoms. The summed E-state index contributed by atoms with van der Waals surface area (Å²) in [7, 11) is -3.90. The molecule has 0 amide bonds. The molecule has 1 aliphatic rings. The first kappa shape index (κ1) is 15.2. The summed E-state index contributed by atoms with van der Waals surface area (Å²) in [6, 6.07) is 3.63. The average Bonchev–Trinajstić information content (AvgIpc) is 2.88. The van der Waals surface area contributed by atoms with Crippen LogP contribution in [0.2, 0.25) is 5.02 Å². The molecule has 1 aromatic carbocycles. The van der Waals surface area contributed by atoms with Crippen LogP contribution in [-0.4, -0.2) is 33.7 Å². The molecular formula is C12H14ClNO5S. The highest BCUT2D eigenvalue weighted by atomic mass is 35.5. The van der Waals surface area contributed by atoms with Crippen molar-refractivity contribution in [3.8, 4) is 0 Å². The number of carbonyl (C=O) groups excluding carboxylic acids is 1. The zero-order chi connectivity index (χ0) is 14.8. The van der Waals surface area contributed by atoms with Gasteiger partial charge in [-0.15, -0.1) is 0 Å². The SMILES string of the molecule is NS(=O)(=O)c1ccc(Cl)c(C(=O)OC[C@H]2CCCO2)c1. The fourth-order valence-electron chi connectivity index (χ4n) is 1.86. The van der Waals surface area contributed by atoms with Crippen LogP contribution < -0.4 is 5.14 Å². The minimum Gasteiger partial charge on any atom is -0.459 e. The molecule has 1 fully saturated rings. The van der Waals surface area contributed by atoms with Crippen molar-refractivity contribution in [1.29, 1.82) is 0 Å². The number of hydrogen-bond acceptors (Lipinski definition) is 5. The fraction of sp³-hybridized carbons (Fsp3) is 0.417. The summed E-state index contributed by atoms with van der Waals surface area (Å²) in [6.07, 6.45) is 1.65. The summed E-state index contributed by atoms with van der Waals surface area (Å²) in [5.74, 6) is -0.698. The Hall–Kier alpha value is -1.15. The summed E-state index contributed by atoms with van der Waals surface area (Å²) in [4.78, 5) is 11.7. The number of nitrogens with two attached hydrogens (primary N) is 1. The number of sulfonamides is 1. The van der Waals surface area contributed by atoms with Gasteiger partial charge in [-0.1, -0.05) is 11.6 Å². The molecule has 20 heavy (non-hydrogen) atoms. The predicted molar refractivity (Wildman–Crippen MR) is 72.1 cm³/mol. The molecule has 2 N–H and O–H groups in total. The number of benzene rings is 1. The van der Waals surface area contributed by atoms with E-state index < -0.39 is 16.0 Å². The molecule has 1 heterocycles. The molecule has 8 heteroatoms. The molecule has 0 saturated carbocycles. The van der Waals surface area contributed by atoms with Gasteiger partial charge in [0.05, 0.1) is 21.6 Å². The van der Waals surface area contributed by atoms with E-state index in [1.165, 1.54) is 12.1 Å². The monoisotopic (exact) mass is 319 g/mol. The van der Waals surface area contributed by atoms with Crippen LogP contribution in [0.3, 0.4) is 0 Å². The van der Waals surface area contributed by atoms with E-state index >= 15 is 0 Å². The first-order chi connectivity index (χ1) is 9.38. The van der Waals surface area contributed by atoms with Crippen LogP contribution in [0.25, 0.3) is 0 Å². The van der Waals surface area contributed by atoms with E-state index in [1.807, 2.05) is 0 Å². The number of primary sulfonamides is 1.